The third-order valence-corrected chi connectivity index (χ3v) is 6.13. The second-order valence-electron chi connectivity index (χ2n) is 4.06. The molecule has 0 aliphatic rings. The minimum Gasteiger partial charge on any atom is -0.374 e. The summed E-state index contributed by atoms with van der Waals surface area (Å²) in [6, 6.07) is 0.758. The number of aromatic nitrogens is 4. The van der Waals surface area contributed by atoms with Crippen molar-refractivity contribution in [1.29, 1.82) is 0 Å². The largest absolute Gasteiger partial charge is 0.500 e. The highest BCUT2D eigenvalue weighted by Crippen LogP contribution is 2.18. The van der Waals surface area contributed by atoms with Crippen molar-refractivity contribution >= 4 is 21.4 Å². The van der Waals surface area contributed by atoms with Crippen LogP contribution >= 0.6 is 12.6 Å². The van der Waals surface area contributed by atoms with Gasteiger partial charge in [0.25, 0.3) is 0 Å². The number of rotatable bonds is 11. The Bertz CT molecular complexity index is 363. The highest BCUT2D eigenvalue weighted by atomic mass is 32.1. The zero-order valence-electron chi connectivity index (χ0n) is 12.4. The van der Waals surface area contributed by atoms with E-state index < -0.39 is 8.80 Å². The fraction of sp³-hybridized carbons (Fsp3) is 0.909. The Labute approximate surface area is 126 Å². The van der Waals surface area contributed by atoms with Gasteiger partial charge < -0.3 is 13.3 Å². The normalized spacial score (nSPS) is 12.0. The Balaban J connectivity index is 2.56. The molecule has 0 aliphatic carbocycles. The maximum atomic E-state index is 5.80. The molecular weight excluding hydrogens is 296 g/mol. The van der Waals surface area contributed by atoms with Crippen LogP contribution in [0.2, 0.25) is 6.04 Å². The van der Waals surface area contributed by atoms with Crippen LogP contribution in [0.4, 0.5) is 0 Å². The van der Waals surface area contributed by atoms with Crippen molar-refractivity contribution in [3.63, 3.8) is 0 Å². The van der Waals surface area contributed by atoms with Gasteiger partial charge in [0.2, 0.25) is 0 Å². The summed E-state index contributed by atoms with van der Waals surface area (Å²) < 4.78 is 19.2. The highest BCUT2D eigenvalue weighted by molar-refractivity contribution is 7.79. The average molecular weight is 320 g/mol. The molecule has 0 saturated carbocycles. The Hall–Kier alpha value is -0.483. The lowest BCUT2D eigenvalue weighted by molar-refractivity contribution is 0.0704. The lowest BCUT2D eigenvalue weighted by Crippen LogP contribution is -2.46. The highest BCUT2D eigenvalue weighted by Gasteiger charge is 2.39. The standard InChI is InChI=1S/C11H24N4O3SSi/c1-4-16-20(17-5-2,18-6-3)9-7-8-15-11(10-19)12-13-14-15/h19H,4-10H2,1-3H3. The van der Waals surface area contributed by atoms with Crippen LogP contribution in [0.15, 0.2) is 0 Å². The summed E-state index contributed by atoms with van der Waals surface area (Å²) >= 11 is 4.20. The van der Waals surface area contributed by atoms with E-state index in [-0.39, 0.29) is 0 Å². The molecule has 9 heteroatoms. The third kappa shape index (κ3) is 5.13. The van der Waals surface area contributed by atoms with Gasteiger partial charge in [-0.2, -0.15) is 12.6 Å². The Kier molecular flexibility index (Phi) is 8.30. The van der Waals surface area contributed by atoms with Crippen molar-refractivity contribution in [1.82, 2.24) is 20.2 Å². The van der Waals surface area contributed by atoms with Crippen molar-refractivity contribution in [3.8, 4) is 0 Å². The van der Waals surface area contributed by atoms with Crippen LogP contribution in [0.25, 0.3) is 0 Å². The molecule has 0 atom stereocenters. The first-order valence-corrected chi connectivity index (χ1v) is 9.55. The molecule has 0 fully saturated rings. The molecule has 0 amide bonds. The molecule has 20 heavy (non-hydrogen) atoms. The molecule has 0 aliphatic heterocycles. The summed E-state index contributed by atoms with van der Waals surface area (Å²) in [6.07, 6.45) is 0.845. The second-order valence-corrected chi connectivity index (χ2v) is 7.11. The predicted molar refractivity (Wildman–Crippen MR) is 80.6 cm³/mol. The first kappa shape index (κ1) is 17.6. The van der Waals surface area contributed by atoms with Crippen LogP contribution in [0.1, 0.15) is 33.0 Å². The first-order valence-electron chi connectivity index (χ1n) is 6.99. The van der Waals surface area contributed by atoms with Crippen LogP contribution in [0.5, 0.6) is 0 Å². The van der Waals surface area contributed by atoms with Gasteiger partial charge in [-0.15, -0.1) is 5.10 Å². The Morgan fingerprint density at radius 3 is 2.20 bits per heavy atom. The van der Waals surface area contributed by atoms with E-state index in [1.807, 2.05) is 20.8 Å². The van der Waals surface area contributed by atoms with Crippen LogP contribution < -0.4 is 0 Å². The van der Waals surface area contributed by atoms with E-state index in [0.29, 0.717) is 32.1 Å². The first-order chi connectivity index (χ1) is 9.71. The molecule has 116 valence electrons. The molecular formula is C11H24N4O3SSi. The van der Waals surface area contributed by atoms with Gasteiger partial charge in [0, 0.05) is 32.4 Å². The predicted octanol–water partition coefficient (Wildman–Crippen LogP) is 1.54. The topological polar surface area (TPSA) is 71.3 Å². The second kappa shape index (κ2) is 9.45. The molecule has 7 nitrogen and oxygen atoms in total. The van der Waals surface area contributed by atoms with Crippen LogP contribution in [0.3, 0.4) is 0 Å². The minimum absolute atomic E-state index is 0.526. The van der Waals surface area contributed by atoms with Gasteiger partial charge in [0.05, 0.1) is 5.75 Å². The minimum atomic E-state index is -2.56. The van der Waals surface area contributed by atoms with Gasteiger partial charge in [-0.1, -0.05) is 0 Å². The van der Waals surface area contributed by atoms with Gasteiger partial charge in [-0.3, -0.25) is 0 Å². The van der Waals surface area contributed by atoms with Crippen molar-refractivity contribution in [2.24, 2.45) is 0 Å². The SMILES string of the molecule is CCO[Si](CCCn1nnnc1CS)(OCC)OCC. The smallest absolute Gasteiger partial charge is 0.374 e. The summed E-state index contributed by atoms with van der Waals surface area (Å²) in [4.78, 5) is 0. The molecule has 1 aromatic heterocycles. The molecule has 1 rings (SSSR count). The van der Waals surface area contributed by atoms with E-state index in [2.05, 4.69) is 28.2 Å². The van der Waals surface area contributed by atoms with E-state index in [1.165, 1.54) is 0 Å². The zero-order chi connectivity index (χ0) is 14.8. The molecule has 0 N–H and O–H groups in total. The number of hydrogen-bond donors (Lipinski definition) is 1. The number of tetrazole rings is 1. The molecule has 1 heterocycles. The molecule has 0 spiro atoms. The molecule has 0 bridgehead atoms. The van der Waals surface area contributed by atoms with E-state index >= 15 is 0 Å². The van der Waals surface area contributed by atoms with Crippen molar-refractivity contribution < 1.29 is 13.3 Å². The number of thiol groups is 1. The van der Waals surface area contributed by atoms with E-state index in [1.54, 1.807) is 4.68 Å². The maximum absolute atomic E-state index is 5.80. The fourth-order valence-corrected chi connectivity index (χ4v) is 4.78. The van der Waals surface area contributed by atoms with Gasteiger partial charge >= 0.3 is 8.80 Å². The summed E-state index contributed by atoms with van der Waals surface area (Å²) in [6.45, 7) is 8.38. The van der Waals surface area contributed by atoms with Crippen molar-refractivity contribution in [2.45, 2.75) is 45.5 Å². The van der Waals surface area contributed by atoms with Gasteiger partial charge in [0.1, 0.15) is 0 Å². The van der Waals surface area contributed by atoms with E-state index in [4.69, 9.17) is 13.3 Å². The monoisotopic (exact) mass is 320 g/mol. The number of hydrogen-bond acceptors (Lipinski definition) is 7. The maximum Gasteiger partial charge on any atom is 0.500 e. The van der Waals surface area contributed by atoms with E-state index in [9.17, 15) is 0 Å². The number of aryl methyl sites for hydroxylation is 1. The third-order valence-electron chi connectivity index (χ3n) is 2.69. The van der Waals surface area contributed by atoms with Crippen LogP contribution in [-0.4, -0.2) is 48.8 Å². The quantitative estimate of drug-likeness (QED) is 0.493. The zero-order valence-corrected chi connectivity index (χ0v) is 14.3. The Morgan fingerprint density at radius 1 is 1.10 bits per heavy atom. The average Bonchev–Trinajstić information content (AvgIpc) is 2.87. The molecule has 0 radical (unpaired) electrons. The van der Waals surface area contributed by atoms with Crippen LogP contribution in [0, 0.1) is 0 Å². The van der Waals surface area contributed by atoms with Gasteiger partial charge in [-0.05, 0) is 37.6 Å². The number of nitrogens with zero attached hydrogens (tertiary/aromatic N) is 4. The van der Waals surface area contributed by atoms with Gasteiger partial charge in [-0.25, -0.2) is 4.68 Å². The summed E-state index contributed by atoms with van der Waals surface area (Å²) in [5.41, 5.74) is 0. The molecule has 1 aromatic rings. The summed E-state index contributed by atoms with van der Waals surface area (Å²) in [7, 11) is -2.56. The molecule has 0 unspecified atom stereocenters. The fourth-order valence-electron chi connectivity index (χ4n) is 1.96. The molecule has 0 saturated heterocycles. The van der Waals surface area contributed by atoms with Crippen LogP contribution in [-0.2, 0) is 25.6 Å². The van der Waals surface area contributed by atoms with Gasteiger partial charge in [0.15, 0.2) is 5.82 Å². The van der Waals surface area contributed by atoms with Crippen molar-refractivity contribution in [3.05, 3.63) is 5.82 Å². The molecule has 0 aromatic carbocycles. The van der Waals surface area contributed by atoms with E-state index in [0.717, 1.165) is 18.3 Å². The lowest BCUT2D eigenvalue weighted by Gasteiger charge is -2.28. The Morgan fingerprint density at radius 2 is 1.70 bits per heavy atom. The summed E-state index contributed by atoms with van der Waals surface area (Å²) in [5.74, 6) is 1.29. The van der Waals surface area contributed by atoms with Crippen molar-refractivity contribution in [2.75, 3.05) is 19.8 Å². The summed E-state index contributed by atoms with van der Waals surface area (Å²) in [5, 5.41) is 11.5. The lowest BCUT2D eigenvalue weighted by atomic mass is 10.5.